The van der Waals surface area contributed by atoms with Crippen LogP contribution in [0.2, 0.25) is 0 Å². The number of fused-ring (bicyclic) bond motifs is 1. The van der Waals surface area contributed by atoms with E-state index < -0.39 is 50.2 Å². The number of rotatable bonds is 7. The summed E-state index contributed by atoms with van der Waals surface area (Å²) in [5.74, 6) is 0.0635. The molecule has 4 N–H and O–H groups in total. The molecule has 14 nitrogen and oxygen atoms in total. The Bertz CT molecular complexity index is 1100. The number of anilines is 1. The number of thioether (sulfide) groups is 1. The van der Waals surface area contributed by atoms with E-state index in [1.54, 1.807) is 6.26 Å². The summed E-state index contributed by atoms with van der Waals surface area (Å²) in [6.45, 7) is -1.00. The molecule has 22 heteroatoms. The minimum absolute atomic E-state index is 0. The zero-order valence-corrected chi connectivity index (χ0v) is 28.4. The van der Waals surface area contributed by atoms with Gasteiger partial charge in [0, 0.05) is 0 Å². The molecule has 1 aliphatic heterocycles. The number of aliphatic hydroxyl groups is 2. The van der Waals surface area contributed by atoms with Gasteiger partial charge in [0.15, 0.2) is 30.4 Å². The van der Waals surface area contributed by atoms with Crippen LogP contribution < -0.4 is 109 Å². The first-order chi connectivity index (χ1) is 14.2. The third-order valence-corrected chi connectivity index (χ3v) is 10.6. The van der Waals surface area contributed by atoms with E-state index >= 15 is 0 Å². The van der Waals surface area contributed by atoms with E-state index in [1.165, 1.54) is 22.7 Å². The molecule has 3 heterocycles. The summed E-state index contributed by atoms with van der Waals surface area (Å²) in [4.78, 5) is 46.3. The Hall–Kier alpha value is 2.46. The van der Waals surface area contributed by atoms with Crippen molar-refractivity contribution in [3.8, 4) is 0 Å². The molecule has 2 aromatic heterocycles. The second-order valence-corrected chi connectivity index (χ2v) is 13.4. The van der Waals surface area contributed by atoms with Gasteiger partial charge in [0.25, 0.3) is 0 Å². The van der Waals surface area contributed by atoms with E-state index in [-0.39, 0.29) is 106 Å². The average molecular weight is 606 g/mol. The summed E-state index contributed by atoms with van der Waals surface area (Å²) in [6, 6.07) is 0. The maximum atomic E-state index is 12.0. The summed E-state index contributed by atoms with van der Waals surface area (Å²) in [7, 11) is -11.7. The van der Waals surface area contributed by atoms with Gasteiger partial charge in [0.1, 0.15) is 23.8 Å². The van der Waals surface area contributed by atoms with Crippen LogP contribution in [0.15, 0.2) is 11.5 Å². The molecule has 0 amide bonds. The zero-order chi connectivity index (χ0) is 23.4. The number of alkyl halides is 2. The van der Waals surface area contributed by atoms with Crippen molar-refractivity contribution in [2.75, 3.05) is 18.6 Å². The van der Waals surface area contributed by atoms with Crippen molar-refractivity contribution in [3.05, 3.63) is 6.33 Å². The van der Waals surface area contributed by atoms with Gasteiger partial charge in [-0.25, -0.2) is 15.0 Å². The molecule has 0 aromatic carbocycles. The molecule has 3 rings (SSSR count). The molecule has 0 radical (unpaired) electrons. The van der Waals surface area contributed by atoms with E-state index in [1.807, 2.05) is 0 Å². The minimum Gasteiger partial charge on any atom is -0.808 e. The van der Waals surface area contributed by atoms with Gasteiger partial charge in [-0.1, -0.05) is 35.0 Å². The van der Waals surface area contributed by atoms with E-state index in [9.17, 15) is 34.0 Å². The van der Waals surface area contributed by atoms with Gasteiger partial charge in [0.2, 0.25) is 3.82 Å². The standard InChI is InChI=1S/C12H17Cl2N5O9P2S.3Na/c1-31-11-17-8(15)5-9(18-11)19(3-16-5)10-7(21)6(20)4(28-10)2-27-30(25,26)12(13,14)29(22,23)24;;;/h3-4,6-7,10,20-21H,2H2,1H3,(H,25,26)(H2,15,17,18)(H2,22,23,24);;;/q;3*+1/p-3/t4?,6-,7-,10?;;;/m1.../s1. The number of nitrogens with zero attached hydrogens (tertiary/aromatic N) is 4. The zero-order valence-electron chi connectivity index (χ0n) is 18.3. The molecule has 0 bridgehead atoms. The third kappa shape index (κ3) is 7.15. The molecule has 0 aliphatic carbocycles. The van der Waals surface area contributed by atoms with Crippen molar-refractivity contribution in [1.29, 1.82) is 0 Å². The molecule has 1 aliphatic rings. The van der Waals surface area contributed by atoms with Crippen molar-refractivity contribution in [3.63, 3.8) is 0 Å². The van der Waals surface area contributed by atoms with Crippen LogP contribution in [0.4, 0.5) is 5.82 Å². The maximum absolute atomic E-state index is 12.0. The van der Waals surface area contributed by atoms with Crippen molar-refractivity contribution in [2.24, 2.45) is 0 Å². The predicted molar refractivity (Wildman–Crippen MR) is 103 cm³/mol. The van der Waals surface area contributed by atoms with E-state index in [0.29, 0.717) is 5.16 Å². The number of aromatic nitrogens is 4. The molecule has 0 saturated carbocycles. The fourth-order valence-corrected chi connectivity index (χ4v) is 5.22. The Morgan fingerprint density at radius 2 is 1.82 bits per heavy atom. The van der Waals surface area contributed by atoms with Gasteiger partial charge in [-0.3, -0.25) is 4.57 Å². The summed E-state index contributed by atoms with van der Waals surface area (Å²) in [6.07, 6.45) is -3.15. The molecule has 5 atom stereocenters. The Morgan fingerprint density at radius 1 is 1.24 bits per heavy atom. The summed E-state index contributed by atoms with van der Waals surface area (Å²) >= 11 is 11.5. The normalized spacial score (nSPS) is 24.6. The van der Waals surface area contributed by atoms with E-state index in [0.717, 1.165) is 0 Å². The number of aliphatic hydroxyl groups excluding tert-OH is 2. The van der Waals surface area contributed by atoms with E-state index in [4.69, 9.17) is 33.7 Å². The Labute approximate surface area is 273 Å². The summed E-state index contributed by atoms with van der Waals surface area (Å²) in [5, 5.41) is 20.9. The molecule has 1 saturated heterocycles. The van der Waals surface area contributed by atoms with Crippen LogP contribution in [0.5, 0.6) is 0 Å². The van der Waals surface area contributed by atoms with Crippen LogP contribution in [0.1, 0.15) is 6.23 Å². The number of halogens is 2. The van der Waals surface area contributed by atoms with Gasteiger partial charge in [-0.05, 0) is 13.9 Å². The first kappa shape index (κ1) is 36.5. The van der Waals surface area contributed by atoms with Crippen LogP contribution in [0, 0.1) is 0 Å². The molecule has 34 heavy (non-hydrogen) atoms. The summed E-state index contributed by atoms with van der Waals surface area (Å²) < 4.78 is 30.3. The fraction of sp³-hybridized carbons (Fsp3) is 0.583. The number of hydrogen-bond acceptors (Lipinski definition) is 14. The molecule has 3 unspecified atom stereocenters. The van der Waals surface area contributed by atoms with Crippen LogP contribution in [-0.2, 0) is 18.4 Å². The molecule has 174 valence electrons. The van der Waals surface area contributed by atoms with Crippen LogP contribution in [0.25, 0.3) is 11.2 Å². The van der Waals surface area contributed by atoms with Crippen molar-refractivity contribution >= 4 is 67.1 Å². The Morgan fingerprint density at radius 3 is 2.35 bits per heavy atom. The maximum Gasteiger partial charge on any atom is 1.00 e. The minimum atomic E-state index is -6.03. The number of nitrogens with two attached hydrogens (primary N) is 1. The number of ether oxygens (including phenoxy) is 1. The van der Waals surface area contributed by atoms with Crippen molar-refractivity contribution < 1.29 is 132 Å². The average Bonchev–Trinajstić information content (AvgIpc) is 3.21. The number of hydrogen-bond donors (Lipinski definition) is 3. The molecule has 2 aromatic rings. The second kappa shape index (κ2) is 13.7. The third-order valence-electron chi connectivity index (χ3n) is 4.29. The predicted octanol–water partition coefficient (Wildman–Crippen LogP) is -10.7. The fourth-order valence-electron chi connectivity index (χ4n) is 2.69. The molecular weight excluding hydrogens is 592 g/mol. The van der Waals surface area contributed by atoms with E-state index in [2.05, 4.69) is 19.5 Å². The molecular formula is C12H14Cl2N5Na3O9P2S. The summed E-state index contributed by atoms with van der Waals surface area (Å²) in [5.41, 5.74) is 6.19. The van der Waals surface area contributed by atoms with Gasteiger partial charge in [-0.2, -0.15) is 0 Å². The Balaban J connectivity index is 0.00000363. The first-order valence-corrected chi connectivity index (χ1v) is 13.2. The van der Waals surface area contributed by atoms with Crippen molar-refractivity contribution in [1.82, 2.24) is 19.5 Å². The van der Waals surface area contributed by atoms with Crippen LogP contribution in [-0.4, -0.2) is 64.7 Å². The van der Waals surface area contributed by atoms with Gasteiger partial charge in [-0.15, -0.1) is 0 Å². The molecule has 0 spiro atoms. The van der Waals surface area contributed by atoms with Gasteiger partial charge in [0.05, 0.1) is 12.9 Å². The number of imidazole rings is 1. The van der Waals surface area contributed by atoms with Crippen LogP contribution >= 0.6 is 50.2 Å². The van der Waals surface area contributed by atoms with Gasteiger partial charge >= 0.3 is 88.7 Å². The topological polar surface area (TPSA) is 232 Å². The van der Waals surface area contributed by atoms with Gasteiger partial charge < -0.3 is 49.0 Å². The molecule has 1 fully saturated rings. The van der Waals surface area contributed by atoms with Crippen LogP contribution in [0.3, 0.4) is 0 Å². The monoisotopic (exact) mass is 605 g/mol. The quantitative estimate of drug-likeness (QED) is 0.0874. The smallest absolute Gasteiger partial charge is 0.808 e. The SMILES string of the molecule is CSc1nc(N)c2ncn(C3OC(COP(=O)([O-])C(Cl)(Cl)P(=O)([O-])[O-])[C@@H](O)[C@H]3O)c2n1.[Na+].[Na+].[Na+]. The second-order valence-electron chi connectivity index (χ2n) is 6.27. The largest absolute Gasteiger partial charge is 1.00 e. The Kier molecular flexibility index (Phi) is 14.7. The number of nitrogen functional groups attached to an aromatic ring is 1. The van der Waals surface area contributed by atoms with Crippen molar-refractivity contribution in [2.45, 2.75) is 33.5 Å². The first-order valence-electron chi connectivity index (χ1n) is 8.12.